The topological polar surface area (TPSA) is 251 Å². The fourth-order valence-electron chi connectivity index (χ4n) is 6.32. The summed E-state index contributed by atoms with van der Waals surface area (Å²) in [6.07, 6.45) is 3.01. The number of thioether (sulfide) groups is 4. The molecule has 0 aliphatic carbocycles. The molecule has 20 nitrogen and oxygen atoms in total. The van der Waals surface area contributed by atoms with Crippen LogP contribution in [0.25, 0.3) is 0 Å². The standard InChI is InChI=1S/C50H62N2O18S4/c1-9-13-21-51-43(57)35(44(58)52(51)22-14-10-2)49-71-39-37(69-33(55)19-17-31(53)63-25-27-67-45(59)29(5)6)41-42(74-50(73-41)36(47(61)65-23-15-11-3)48(62)66-24-16-12-4)38(40(39)72-49)70-34(56)20-18-32(54)64-26-28-68-46(60)30(7)8/h5,7,9-28H2,1-4,6,8H3. The van der Waals surface area contributed by atoms with Crippen LogP contribution in [0.2, 0.25) is 0 Å². The Labute approximate surface area is 446 Å². The van der Waals surface area contributed by atoms with Gasteiger partial charge in [0.05, 0.1) is 67.0 Å². The van der Waals surface area contributed by atoms with E-state index in [2.05, 4.69) is 13.2 Å². The molecule has 1 aromatic carbocycles. The SMILES string of the molecule is C=C(C)C(=O)OCCOC(=O)CCC(=O)Oc1c2c(c(OC(=O)CCC(=O)OCCOC(=O)C(=C)C)c3c1SC(=C1C(=O)N(CCCC)N(CCCC)C1=O)S3)SC(=C(C(=O)OCCCC)C(=O)OCCCC)S2. The Morgan fingerprint density at radius 2 is 0.784 bits per heavy atom. The molecule has 24 heteroatoms. The summed E-state index contributed by atoms with van der Waals surface area (Å²) in [5.74, 6) is -8.34. The number of nitrogens with zero attached hydrogens (tertiary/aromatic N) is 2. The van der Waals surface area contributed by atoms with Crippen LogP contribution in [0.3, 0.4) is 0 Å². The molecule has 0 saturated carbocycles. The van der Waals surface area contributed by atoms with Crippen molar-refractivity contribution in [3.63, 3.8) is 0 Å². The second kappa shape index (κ2) is 30.6. The third-order valence-electron chi connectivity index (χ3n) is 10.3. The molecule has 0 N–H and O–H groups in total. The van der Waals surface area contributed by atoms with Crippen molar-refractivity contribution in [1.82, 2.24) is 10.0 Å². The highest BCUT2D eigenvalue weighted by Crippen LogP contribution is 2.69. The van der Waals surface area contributed by atoms with E-state index in [1.807, 2.05) is 27.7 Å². The largest absolute Gasteiger partial charge is 0.462 e. The van der Waals surface area contributed by atoms with E-state index in [1.54, 1.807) is 0 Å². The summed E-state index contributed by atoms with van der Waals surface area (Å²) in [7, 11) is 0. The van der Waals surface area contributed by atoms with Crippen LogP contribution >= 0.6 is 47.0 Å². The molecular weight excluding hydrogens is 1040 g/mol. The number of rotatable bonds is 30. The molecule has 4 rings (SSSR count). The normalized spacial score (nSPS) is 13.5. The molecular formula is C50H62N2O18S4. The summed E-state index contributed by atoms with van der Waals surface area (Å²) in [5, 5.41) is 2.82. The van der Waals surface area contributed by atoms with E-state index in [9.17, 15) is 47.9 Å². The van der Waals surface area contributed by atoms with E-state index >= 15 is 0 Å². The highest BCUT2D eigenvalue weighted by molar-refractivity contribution is 8.26. The molecule has 74 heavy (non-hydrogen) atoms. The van der Waals surface area contributed by atoms with Gasteiger partial charge in [-0.05, 0) is 39.5 Å². The van der Waals surface area contributed by atoms with Crippen LogP contribution in [0.4, 0.5) is 0 Å². The van der Waals surface area contributed by atoms with Gasteiger partial charge < -0.3 is 37.9 Å². The Bertz CT molecular complexity index is 2240. The number of benzene rings is 1. The molecule has 404 valence electrons. The molecule has 0 atom stereocenters. The van der Waals surface area contributed by atoms with Gasteiger partial charge in [-0.25, -0.2) is 29.2 Å². The first-order valence-corrected chi connectivity index (χ1v) is 27.4. The van der Waals surface area contributed by atoms with Crippen molar-refractivity contribution in [2.45, 2.75) is 138 Å². The summed E-state index contributed by atoms with van der Waals surface area (Å²) in [6.45, 7) is 16.9. The van der Waals surface area contributed by atoms with Crippen LogP contribution < -0.4 is 9.47 Å². The quantitative estimate of drug-likeness (QED) is 0.0134. The van der Waals surface area contributed by atoms with E-state index in [4.69, 9.17) is 37.9 Å². The Morgan fingerprint density at radius 3 is 1.15 bits per heavy atom. The third-order valence-corrected chi connectivity index (χ3v) is 15.5. The molecule has 2 amide bonds. The zero-order valence-corrected chi connectivity index (χ0v) is 45.7. The zero-order chi connectivity index (χ0) is 54.5. The molecule has 3 aliphatic rings. The number of carbonyl (C=O) groups excluding carboxylic acids is 10. The minimum atomic E-state index is -0.998. The van der Waals surface area contributed by atoms with Crippen LogP contribution in [0, 0.1) is 0 Å². The number of ether oxygens (including phenoxy) is 8. The highest BCUT2D eigenvalue weighted by atomic mass is 32.2. The summed E-state index contributed by atoms with van der Waals surface area (Å²) in [6, 6.07) is 0. The number of unbranched alkanes of at least 4 members (excludes halogenated alkanes) is 4. The molecule has 0 radical (unpaired) electrons. The number of hydrogen-bond donors (Lipinski definition) is 0. The number of fused-ring (bicyclic) bond motifs is 2. The second-order valence-electron chi connectivity index (χ2n) is 16.5. The van der Waals surface area contributed by atoms with Gasteiger partial charge in [0.25, 0.3) is 11.8 Å². The van der Waals surface area contributed by atoms with Gasteiger partial charge in [-0.15, -0.1) is 0 Å². The predicted molar refractivity (Wildman–Crippen MR) is 272 cm³/mol. The number of carbonyl (C=O) groups is 10. The highest BCUT2D eigenvalue weighted by Gasteiger charge is 2.47. The molecule has 0 aromatic heterocycles. The summed E-state index contributed by atoms with van der Waals surface area (Å²) in [5.41, 5.74) is -0.343. The van der Waals surface area contributed by atoms with Crippen molar-refractivity contribution in [3.05, 3.63) is 43.9 Å². The lowest BCUT2D eigenvalue weighted by molar-refractivity contribution is -0.151. The van der Waals surface area contributed by atoms with Gasteiger partial charge in [0.1, 0.15) is 32.0 Å². The van der Waals surface area contributed by atoms with Crippen molar-refractivity contribution in [2.75, 3.05) is 52.7 Å². The summed E-state index contributed by atoms with van der Waals surface area (Å²) < 4.78 is 43.5. The molecule has 1 fully saturated rings. The van der Waals surface area contributed by atoms with Crippen molar-refractivity contribution in [3.8, 4) is 11.5 Å². The molecule has 1 aromatic rings. The fourth-order valence-corrected chi connectivity index (χ4v) is 11.8. The van der Waals surface area contributed by atoms with Crippen molar-refractivity contribution >= 4 is 107 Å². The maximum atomic E-state index is 14.3. The van der Waals surface area contributed by atoms with Crippen LogP contribution in [-0.4, -0.2) is 122 Å². The Balaban J connectivity index is 1.84. The maximum Gasteiger partial charge on any atom is 0.347 e. The molecule has 0 bridgehead atoms. The van der Waals surface area contributed by atoms with Gasteiger partial charge in [0.2, 0.25) is 0 Å². The van der Waals surface area contributed by atoms with Crippen LogP contribution in [-0.2, 0) is 76.4 Å². The first kappa shape index (κ1) is 60.8. The fraction of sp³-hybridized carbons (Fsp3) is 0.520. The van der Waals surface area contributed by atoms with Gasteiger partial charge in [-0.3, -0.25) is 28.8 Å². The Morgan fingerprint density at radius 1 is 0.446 bits per heavy atom. The van der Waals surface area contributed by atoms with E-state index in [0.717, 1.165) is 59.9 Å². The molecule has 0 spiro atoms. The first-order valence-electron chi connectivity index (χ1n) is 24.2. The summed E-state index contributed by atoms with van der Waals surface area (Å²) in [4.78, 5) is 133. The van der Waals surface area contributed by atoms with Crippen molar-refractivity contribution in [2.24, 2.45) is 0 Å². The number of hydrazine groups is 1. The first-order chi connectivity index (χ1) is 35.4. The average Bonchev–Trinajstić information content (AvgIpc) is 4.06. The average molecular weight is 1110 g/mol. The predicted octanol–water partition coefficient (Wildman–Crippen LogP) is 8.07. The van der Waals surface area contributed by atoms with Gasteiger partial charge >= 0.3 is 47.8 Å². The Kier molecular flexibility index (Phi) is 25.2. The minimum Gasteiger partial charge on any atom is -0.462 e. The monoisotopic (exact) mass is 1110 g/mol. The van der Waals surface area contributed by atoms with Gasteiger partial charge in [-0.2, -0.15) is 0 Å². The number of hydrogen-bond acceptors (Lipinski definition) is 22. The summed E-state index contributed by atoms with van der Waals surface area (Å²) >= 11 is 3.42. The van der Waals surface area contributed by atoms with Crippen LogP contribution in [0.5, 0.6) is 11.5 Å². The van der Waals surface area contributed by atoms with Crippen LogP contribution in [0.1, 0.15) is 119 Å². The third kappa shape index (κ3) is 17.2. The number of esters is 8. The van der Waals surface area contributed by atoms with Gasteiger partial charge in [0, 0.05) is 24.2 Å². The van der Waals surface area contributed by atoms with Crippen molar-refractivity contribution < 1.29 is 85.8 Å². The zero-order valence-electron chi connectivity index (χ0n) is 42.4. The van der Waals surface area contributed by atoms with E-state index in [-0.39, 0.29) is 109 Å². The molecule has 3 aliphatic heterocycles. The number of amides is 2. The molecule has 0 unspecified atom stereocenters. The van der Waals surface area contributed by atoms with Crippen molar-refractivity contribution in [1.29, 1.82) is 0 Å². The maximum absolute atomic E-state index is 14.3. The Hall–Kier alpha value is -5.72. The van der Waals surface area contributed by atoms with Gasteiger partial charge in [0.15, 0.2) is 17.1 Å². The van der Waals surface area contributed by atoms with E-state index in [1.165, 1.54) is 23.9 Å². The lowest BCUT2D eigenvalue weighted by atomic mass is 10.3. The van der Waals surface area contributed by atoms with E-state index in [0.29, 0.717) is 38.5 Å². The lowest BCUT2D eigenvalue weighted by Crippen LogP contribution is -2.42. The van der Waals surface area contributed by atoms with Gasteiger partial charge in [-0.1, -0.05) is 114 Å². The lowest BCUT2D eigenvalue weighted by Gasteiger charge is -2.27. The van der Waals surface area contributed by atoms with Crippen LogP contribution in [0.15, 0.2) is 63.5 Å². The van der Waals surface area contributed by atoms with E-state index < -0.39 is 90.8 Å². The minimum absolute atomic E-state index is 0.0148. The molecule has 1 saturated heterocycles. The smallest absolute Gasteiger partial charge is 0.347 e. The second-order valence-corrected chi connectivity index (χ2v) is 21.1. The molecule has 3 heterocycles.